The van der Waals surface area contributed by atoms with E-state index in [2.05, 4.69) is 9.97 Å². The van der Waals surface area contributed by atoms with Crippen molar-refractivity contribution in [3.63, 3.8) is 0 Å². The Kier molecular flexibility index (Phi) is 2.87. The lowest BCUT2D eigenvalue weighted by Gasteiger charge is -2.02. The highest BCUT2D eigenvalue weighted by atomic mass is 32.2. The number of aryl methyl sites for hydroxylation is 2. The van der Waals surface area contributed by atoms with Crippen molar-refractivity contribution in [2.75, 3.05) is 11.5 Å². The average Bonchev–Trinajstić information content (AvgIpc) is 2.85. The number of nitrogens with zero attached hydrogens (tertiary/aromatic N) is 2. The van der Waals surface area contributed by atoms with Gasteiger partial charge in [-0.15, -0.1) is 11.3 Å². The van der Waals surface area contributed by atoms with Gasteiger partial charge in [-0.25, -0.2) is 9.97 Å². The van der Waals surface area contributed by atoms with Crippen molar-refractivity contribution < 1.29 is 9.90 Å². The number of nitrogens with two attached hydrogens (primary N) is 1. The van der Waals surface area contributed by atoms with Gasteiger partial charge in [-0.1, -0.05) is 11.8 Å². The Bertz CT molecular complexity index is 639. The molecule has 0 radical (unpaired) electrons. The van der Waals surface area contributed by atoms with E-state index in [1.807, 2.05) is 0 Å². The van der Waals surface area contributed by atoms with Gasteiger partial charge in [-0.05, 0) is 24.8 Å². The summed E-state index contributed by atoms with van der Waals surface area (Å²) in [5.74, 6) is -0.445. The van der Waals surface area contributed by atoms with Crippen LogP contribution in [-0.4, -0.2) is 26.8 Å². The quantitative estimate of drug-likeness (QED) is 0.660. The number of hydrogen-bond donors (Lipinski definition) is 2. The number of carboxylic acids is 1. The number of hydrogen-bond acceptors (Lipinski definition) is 6. The third kappa shape index (κ3) is 1.93. The summed E-state index contributed by atoms with van der Waals surface area (Å²) in [7, 11) is 0. The Morgan fingerprint density at radius 3 is 3.06 bits per heavy atom. The zero-order valence-electron chi connectivity index (χ0n) is 9.47. The first-order valence-electron chi connectivity index (χ1n) is 5.57. The maximum absolute atomic E-state index is 10.5. The van der Waals surface area contributed by atoms with Crippen molar-refractivity contribution in [2.24, 2.45) is 0 Å². The number of aromatic nitrogens is 2. The predicted octanol–water partition coefficient (Wildman–Crippen LogP) is 1.94. The van der Waals surface area contributed by atoms with Crippen LogP contribution in [0.1, 0.15) is 16.9 Å². The summed E-state index contributed by atoms with van der Waals surface area (Å²) in [5.41, 5.74) is 7.27. The number of thiophene rings is 1. The third-order valence-electron chi connectivity index (χ3n) is 2.90. The van der Waals surface area contributed by atoms with Gasteiger partial charge in [0, 0.05) is 4.88 Å². The molecule has 0 amide bonds. The maximum Gasteiger partial charge on any atom is 0.313 e. The van der Waals surface area contributed by atoms with E-state index >= 15 is 0 Å². The monoisotopic (exact) mass is 281 g/mol. The zero-order chi connectivity index (χ0) is 12.7. The first-order chi connectivity index (χ1) is 8.65. The Morgan fingerprint density at radius 1 is 1.44 bits per heavy atom. The fourth-order valence-corrected chi connectivity index (χ4v) is 4.09. The van der Waals surface area contributed by atoms with Gasteiger partial charge in [0.15, 0.2) is 5.16 Å². The summed E-state index contributed by atoms with van der Waals surface area (Å²) < 4.78 is 0. The summed E-state index contributed by atoms with van der Waals surface area (Å²) in [6.45, 7) is 0. The first-order valence-corrected chi connectivity index (χ1v) is 7.37. The maximum atomic E-state index is 10.5. The van der Waals surface area contributed by atoms with Gasteiger partial charge in [0.05, 0.1) is 11.1 Å². The SMILES string of the molecule is Nc1nc(SCC(=O)O)nc2sc3c(c12)CCC3. The van der Waals surface area contributed by atoms with E-state index in [1.165, 1.54) is 16.9 Å². The summed E-state index contributed by atoms with van der Waals surface area (Å²) in [6, 6.07) is 0. The van der Waals surface area contributed by atoms with E-state index in [0.717, 1.165) is 34.8 Å². The number of carboxylic acid groups (broad SMARTS) is 1. The molecule has 3 N–H and O–H groups in total. The van der Waals surface area contributed by atoms with Crippen LogP contribution in [0.5, 0.6) is 0 Å². The largest absolute Gasteiger partial charge is 0.481 e. The minimum Gasteiger partial charge on any atom is -0.481 e. The minimum atomic E-state index is -0.879. The van der Waals surface area contributed by atoms with Crippen molar-refractivity contribution in [3.8, 4) is 0 Å². The minimum absolute atomic E-state index is 0.0456. The average molecular weight is 281 g/mol. The smallest absolute Gasteiger partial charge is 0.313 e. The second kappa shape index (κ2) is 4.40. The second-order valence-electron chi connectivity index (χ2n) is 4.11. The molecule has 3 rings (SSSR count). The van der Waals surface area contributed by atoms with Crippen molar-refractivity contribution in [1.82, 2.24) is 9.97 Å². The standard InChI is InChI=1S/C11H11N3O2S2/c12-9-8-5-2-1-3-6(5)18-10(8)14-11(13-9)17-4-7(15)16/h1-4H2,(H,15,16)(H2,12,13,14). The summed E-state index contributed by atoms with van der Waals surface area (Å²) in [5, 5.41) is 10.1. The van der Waals surface area contributed by atoms with Crippen LogP contribution in [-0.2, 0) is 17.6 Å². The van der Waals surface area contributed by atoms with Crippen LogP contribution in [0.15, 0.2) is 5.16 Å². The number of carbonyl (C=O) groups is 1. The van der Waals surface area contributed by atoms with Crippen molar-refractivity contribution in [1.29, 1.82) is 0 Å². The van der Waals surface area contributed by atoms with Gasteiger partial charge in [0.1, 0.15) is 10.6 Å². The molecule has 0 unspecified atom stereocenters. The highest BCUT2D eigenvalue weighted by Gasteiger charge is 2.21. The van der Waals surface area contributed by atoms with Crippen LogP contribution in [0.4, 0.5) is 5.82 Å². The van der Waals surface area contributed by atoms with Crippen LogP contribution in [0, 0.1) is 0 Å². The lowest BCUT2D eigenvalue weighted by Crippen LogP contribution is -2.01. The van der Waals surface area contributed by atoms with Crippen molar-refractivity contribution >= 4 is 45.1 Å². The molecule has 0 spiro atoms. The molecule has 0 saturated carbocycles. The molecule has 0 atom stereocenters. The van der Waals surface area contributed by atoms with E-state index in [0.29, 0.717) is 11.0 Å². The van der Waals surface area contributed by atoms with Gasteiger partial charge < -0.3 is 10.8 Å². The molecule has 0 aromatic carbocycles. The molecule has 5 nitrogen and oxygen atoms in total. The molecular weight excluding hydrogens is 270 g/mol. The van der Waals surface area contributed by atoms with Crippen LogP contribution in [0.2, 0.25) is 0 Å². The van der Waals surface area contributed by atoms with Crippen LogP contribution in [0.3, 0.4) is 0 Å². The van der Waals surface area contributed by atoms with Crippen LogP contribution in [0.25, 0.3) is 10.2 Å². The Balaban J connectivity index is 2.03. The predicted molar refractivity (Wildman–Crippen MR) is 72.2 cm³/mol. The lowest BCUT2D eigenvalue weighted by molar-refractivity contribution is -0.133. The van der Waals surface area contributed by atoms with E-state index in [-0.39, 0.29) is 5.75 Å². The van der Waals surface area contributed by atoms with E-state index in [1.54, 1.807) is 11.3 Å². The number of rotatable bonds is 3. The highest BCUT2D eigenvalue weighted by Crippen LogP contribution is 2.39. The molecule has 0 saturated heterocycles. The molecule has 2 aromatic rings. The number of aliphatic carboxylic acids is 1. The van der Waals surface area contributed by atoms with Gasteiger partial charge in [-0.2, -0.15) is 0 Å². The molecule has 94 valence electrons. The fraction of sp³-hybridized carbons (Fsp3) is 0.364. The van der Waals surface area contributed by atoms with E-state index in [4.69, 9.17) is 10.8 Å². The molecule has 0 aliphatic heterocycles. The Hall–Kier alpha value is -1.34. The Morgan fingerprint density at radius 2 is 2.28 bits per heavy atom. The molecule has 0 fully saturated rings. The molecule has 2 aromatic heterocycles. The molecular formula is C11H11N3O2S2. The van der Waals surface area contributed by atoms with Crippen molar-refractivity contribution in [2.45, 2.75) is 24.4 Å². The molecule has 1 aliphatic carbocycles. The molecule has 18 heavy (non-hydrogen) atoms. The summed E-state index contributed by atoms with van der Waals surface area (Å²) in [6.07, 6.45) is 3.31. The third-order valence-corrected chi connectivity index (χ3v) is 4.91. The number of thioether (sulfide) groups is 1. The number of anilines is 1. The van der Waals surface area contributed by atoms with Crippen molar-refractivity contribution in [3.05, 3.63) is 10.4 Å². The van der Waals surface area contributed by atoms with Gasteiger partial charge in [0.2, 0.25) is 0 Å². The molecule has 7 heteroatoms. The normalized spacial score (nSPS) is 14.0. The zero-order valence-corrected chi connectivity index (χ0v) is 11.1. The summed E-state index contributed by atoms with van der Waals surface area (Å²) >= 11 is 2.76. The molecule has 2 heterocycles. The van der Waals surface area contributed by atoms with Gasteiger partial charge >= 0.3 is 5.97 Å². The second-order valence-corrected chi connectivity index (χ2v) is 6.14. The summed E-state index contributed by atoms with van der Waals surface area (Å²) in [4.78, 5) is 21.4. The van der Waals surface area contributed by atoms with Gasteiger partial charge in [0.25, 0.3) is 0 Å². The molecule has 0 bridgehead atoms. The number of nitrogen functional groups attached to an aromatic ring is 1. The van der Waals surface area contributed by atoms with Crippen LogP contribution < -0.4 is 5.73 Å². The molecule has 1 aliphatic rings. The topological polar surface area (TPSA) is 89.1 Å². The first kappa shape index (κ1) is 11.7. The highest BCUT2D eigenvalue weighted by molar-refractivity contribution is 7.99. The number of fused-ring (bicyclic) bond motifs is 3. The van der Waals surface area contributed by atoms with Gasteiger partial charge in [-0.3, -0.25) is 4.79 Å². The van der Waals surface area contributed by atoms with E-state index in [9.17, 15) is 4.79 Å². The van der Waals surface area contributed by atoms with E-state index < -0.39 is 5.97 Å². The Labute approximate surface area is 111 Å². The fourth-order valence-electron chi connectivity index (χ4n) is 2.19. The van der Waals surface area contributed by atoms with Crippen LogP contribution >= 0.6 is 23.1 Å². The lowest BCUT2D eigenvalue weighted by atomic mass is 10.2.